The molecule has 2 aliphatic rings. The molecule has 2 aromatic rings. The first-order valence-corrected chi connectivity index (χ1v) is 11.7. The Bertz CT molecular complexity index is 847. The molecule has 2 aromatic carbocycles. The molecular weight excluding hydrogens is 386 g/mol. The molecule has 0 aliphatic heterocycles. The zero-order chi connectivity index (χ0) is 20.4. The molecule has 0 amide bonds. The molecule has 4 rings (SSSR count). The third-order valence-corrected chi connectivity index (χ3v) is 7.69. The van der Waals surface area contributed by atoms with Gasteiger partial charge in [-0.2, -0.15) is 0 Å². The summed E-state index contributed by atoms with van der Waals surface area (Å²) in [5, 5.41) is 0.0620. The molecule has 156 valence electrons. The van der Waals surface area contributed by atoms with E-state index in [2.05, 4.69) is 6.92 Å². The van der Waals surface area contributed by atoms with Crippen LogP contribution in [-0.4, -0.2) is 0 Å². The molecular formula is C26H31ClF2. The van der Waals surface area contributed by atoms with Crippen molar-refractivity contribution in [2.75, 3.05) is 0 Å². The van der Waals surface area contributed by atoms with Crippen molar-refractivity contribution in [2.24, 2.45) is 17.8 Å². The van der Waals surface area contributed by atoms with E-state index in [9.17, 15) is 8.78 Å². The number of fused-ring (bicyclic) bond motifs is 1. The summed E-state index contributed by atoms with van der Waals surface area (Å²) in [5.74, 6) is 2.29. The zero-order valence-electron chi connectivity index (χ0n) is 17.3. The number of halogens is 3. The molecule has 0 saturated heterocycles. The van der Waals surface area contributed by atoms with Gasteiger partial charge in [0.2, 0.25) is 0 Å². The molecule has 4 atom stereocenters. The van der Waals surface area contributed by atoms with Crippen molar-refractivity contribution in [3.05, 3.63) is 58.6 Å². The van der Waals surface area contributed by atoms with E-state index in [4.69, 9.17) is 11.6 Å². The lowest BCUT2D eigenvalue weighted by Crippen LogP contribution is -2.30. The van der Waals surface area contributed by atoms with Gasteiger partial charge in [0, 0.05) is 5.56 Å². The molecule has 29 heavy (non-hydrogen) atoms. The number of hydrogen-bond donors (Lipinski definition) is 0. The SMILES string of the molecule is CCCCC1CC[C@@H]2C[C@H](c3ccc(-c4ccc(Cl)c(F)c4)c(F)c3)CC[C@@H]2C1. The highest BCUT2D eigenvalue weighted by Gasteiger charge is 2.35. The second-order valence-corrected chi connectivity index (χ2v) is 9.63. The van der Waals surface area contributed by atoms with E-state index in [0.29, 0.717) is 17.0 Å². The van der Waals surface area contributed by atoms with Crippen molar-refractivity contribution in [1.29, 1.82) is 0 Å². The molecule has 1 unspecified atom stereocenters. The van der Waals surface area contributed by atoms with Crippen molar-refractivity contribution >= 4 is 11.6 Å². The Morgan fingerprint density at radius 1 is 0.897 bits per heavy atom. The fraction of sp³-hybridized carbons (Fsp3) is 0.538. The summed E-state index contributed by atoms with van der Waals surface area (Å²) in [6.07, 6.45) is 11.8. The van der Waals surface area contributed by atoms with Gasteiger partial charge in [0.25, 0.3) is 0 Å². The molecule has 2 saturated carbocycles. The van der Waals surface area contributed by atoms with Gasteiger partial charge in [-0.25, -0.2) is 8.78 Å². The van der Waals surface area contributed by atoms with Crippen molar-refractivity contribution in [2.45, 2.75) is 70.6 Å². The van der Waals surface area contributed by atoms with E-state index >= 15 is 0 Å². The quantitative estimate of drug-likeness (QED) is 0.456. The van der Waals surface area contributed by atoms with Gasteiger partial charge in [-0.05, 0) is 85.1 Å². The topological polar surface area (TPSA) is 0 Å². The number of rotatable bonds is 5. The van der Waals surface area contributed by atoms with Crippen LogP contribution in [0.15, 0.2) is 36.4 Å². The molecule has 0 bridgehead atoms. The van der Waals surface area contributed by atoms with Gasteiger partial charge in [-0.15, -0.1) is 0 Å². The van der Waals surface area contributed by atoms with E-state index in [1.54, 1.807) is 18.2 Å². The summed E-state index contributed by atoms with van der Waals surface area (Å²) in [5.41, 5.74) is 2.08. The van der Waals surface area contributed by atoms with Crippen molar-refractivity contribution in [1.82, 2.24) is 0 Å². The lowest BCUT2D eigenvalue weighted by Gasteiger charge is -2.42. The van der Waals surface area contributed by atoms with E-state index in [-0.39, 0.29) is 10.8 Å². The van der Waals surface area contributed by atoms with E-state index < -0.39 is 5.82 Å². The van der Waals surface area contributed by atoms with Gasteiger partial charge >= 0.3 is 0 Å². The van der Waals surface area contributed by atoms with Crippen LogP contribution in [0.1, 0.15) is 76.2 Å². The summed E-state index contributed by atoms with van der Waals surface area (Å²) in [6, 6.07) is 10.00. The Labute approximate surface area is 178 Å². The maximum Gasteiger partial charge on any atom is 0.142 e. The summed E-state index contributed by atoms with van der Waals surface area (Å²) < 4.78 is 28.6. The highest BCUT2D eigenvalue weighted by Crippen LogP contribution is 2.48. The molecule has 0 radical (unpaired) electrons. The van der Waals surface area contributed by atoms with Crippen LogP contribution in [0, 0.1) is 29.4 Å². The highest BCUT2D eigenvalue weighted by atomic mass is 35.5. The number of unbranched alkanes of at least 4 members (excludes halogenated alkanes) is 1. The van der Waals surface area contributed by atoms with Crippen LogP contribution in [0.2, 0.25) is 5.02 Å². The molecule has 2 aliphatic carbocycles. The monoisotopic (exact) mass is 416 g/mol. The Morgan fingerprint density at radius 2 is 1.69 bits per heavy atom. The maximum absolute atomic E-state index is 14.9. The van der Waals surface area contributed by atoms with Gasteiger partial charge in [0.05, 0.1) is 5.02 Å². The predicted molar refractivity (Wildman–Crippen MR) is 117 cm³/mol. The van der Waals surface area contributed by atoms with Crippen molar-refractivity contribution < 1.29 is 8.78 Å². The normalized spacial score (nSPS) is 26.9. The smallest absolute Gasteiger partial charge is 0.142 e. The van der Waals surface area contributed by atoms with Gasteiger partial charge in [-0.1, -0.05) is 62.4 Å². The van der Waals surface area contributed by atoms with Crippen LogP contribution in [0.25, 0.3) is 11.1 Å². The molecule has 0 spiro atoms. The van der Waals surface area contributed by atoms with Crippen molar-refractivity contribution in [3.63, 3.8) is 0 Å². The minimum absolute atomic E-state index is 0.0620. The zero-order valence-corrected chi connectivity index (χ0v) is 18.0. The fourth-order valence-corrected chi connectivity index (χ4v) is 5.84. The fourth-order valence-electron chi connectivity index (χ4n) is 5.73. The van der Waals surface area contributed by atoms with E-state index in [0.717, 1.165) is 29.7 Å². The van der Waals surface area contributed by atoms with Crippen LogP contribution in [0.5, 0.6) is 0 Å². The lowest BCUT2D eigenvalue weighted by molar-refractivity contribution is 0.113. The summed E-state index contributed by atoms with van der Waals surface area (Å²) >= 11 is 5.76. The van der Waals surface area contributed by atoms with Crippen LogP contribution in [0.4, 0.5) is 8.78 Å². The Balaban J connectivity index is 1.44. The molecule has 0 aromatic heterocycles. The second kappa shape index (κ2) is 9.16. The highest BCUT2D eigenvalue weighted by molar-refractivity contribution is 6.30. The van der Waals surface area contributed by atoms with Gasteiger partial charge < -0.3 is 0 Å². The minimum Gasteiger partial charge on any atom is -0.206 e. The first kappa shape index (κ1) is 20.8. The van der Waals surface area contributed by atoms with E-state index in [1.165, 1.54) is 63.5 Å². The molecule has 3 heteroatoms. The first-order chi connectivity index (χ1) is 14.0. The molecule has 0 N–H and O–H groups in total. The molecule has 2 fully saturated rings. The number of benzene rings is 2. The third-order valence-electron chi connectivity index (χ3n) is 7.38. The standard InChI is InChI=1S/C26H31ClF2/c1-2-3-4-17-5-6-19-14-20(8-7-18(19)13-17)21-9-11-23(25(28)15-21)22-10-12-24(27)26(29)16-22/h9-12,15-20H,2-8,13-14H2,1H3/t17?,18-,19-,20-/m1/s1. The maximum atomic E-state index is 14.9. The van der Waals surface area contributed by atoms with Crippen molar-refractivity contribution in [3.8, 4) is 11.1 Å². The minimum atomic E-state index is -0.513. The first-order valence-electron chi connectivity index (χ1n) is 11.3. The van der Waals surface area contributed by atoms with Crippen LogP contribution in [-0.2, 0) is 0 Å². The van der Waals surface area contributed by atoms with Gasteiger partial charge in [-0.3, -0.25) is 0 Å². The molecule has 0 heterocycles. The average molecular weight is 417 g/mol. The predicted octanol–water partition coefficient (Wildman–Crippen LogP) is 8.78. The Kier molecular flexibility index (Phi) is 6.59. The summed E-state index contributed by atoms with van der Waals surface area (Å²) in [7, 11) is 0. The number of hydrogen-bond acceptors (Lipinski definition) is 0. The van der Waals surface area contributed by atoms with E-state index in [1.807, 2.05) is 6.07 Å². The molecule has 0 nitrogen and oxygen atoms in total. The largest absolute Gasteiger partial charge is 0.206 e. The average Bonchev–Trinajstić information content (AvgIpc) is 2.73. The second-order valence-electron chi connectivity index (χ2n) is 9.22. The van der Waals surface area contributed by atoms with Crippen LogP contribution >= 0.6 is 11.6 Å². The van der Waals surface area contributed by atoms with Crippen LogP contribution in [0.3, 0.4) is 0 Å². The lowest BCUT2D eigenvalue weighted by atomic mass is 9.63. The summed E-state index contributed by atoms with van der Waals surface area (Å²) in [6.45, 7) is 2.28. The third kappa shape index (κ3) is 4.68. The van der Waals surface area contributed by atoms with Crippen LogP contribution < -0.4 is 0 Å². The Morgan fingerprint density at radius 3 is 2.45 bits per heavy atom. The van der Waals surface area contributed by atoms with Gasteiger partial charge in [0.15, 0.2) is 0 Å². The van der Waals surface area contributed by atoms with Gasteiger partial charge in [0.1, 0.15) is 11.6 Å². The Hall–Kier alpha value is -1.41. The summed E-state index contributed by atoms with van der Waals surface area (Å²) in [4.78, 5) is 0.